The first-order valence-electron chi connectivity index (χ1n) is 7.09. The van der Waals surface area contributed by atoms with Gasteiger partial charge in [0.1, 0.15) is 0 Å². The Hall–Kier alpha value is -1.16. The van der Waals surface area contributed by atoms with E-state index in [0.717, 1.165) is 29.8 Å². The molecular formula is C14H22N4. The van der Waals surface area contributed by atoms with Gasteiger partial charge in [0.15, 0.2) is 0 Å². The van der Waals surface area contributed by atoms with E-state index in [1.54, 1.807) is 0 Å². The van der Waals surface area contributed by atoms with Gasteiger partial charge in [0.2, 0.25) is 5.95 Å². The van der Waals surface area contributed by atoms with Gasteiger partial charge in [-0.3, -0.25) is 0 Å². The third-order valence-corrected chi connectivity index (χ3v) is 4.37. The van der Waals surface area contributed by atoms with Gasteiger partial charge in [0.05, 0.1) is 5.69 Å². The Morgan fingerprint density at radius 3 is 2.94 bits per heavy atom. The van der Waals surface area contributed by atoms with Crippen molar-refractivity contribution in [1.29, 1.82) is 0 Å². The summed E-state index contributed by atoms with van der Waals surface area (Å²) in [6.45, 7) is 3.64. The van der Waals surface area contributed by atoms with Crippen LogP contribution in [-0.2, 0) is 6.54 Å². The molecule has 1 aromatic heterocycles. The van der Waals surface area contributed by atoms with Crippen molar-refractivity contribution in [2.24, 2.45) is 11.7 Å². The van der Waals surface area contributed by atoms with Gasteiger partial charge in [-0.1, -0.05) is 12.8 Å². The number of fused-ring (bicyclic) bond motifs is 1. The SMILES string of the molecule is Cc1cc(CN)nc(N2CCC3CCCCC32)n1. The van der Waals surface area contributed by atoms with Crippen molar-refractivity contribution in [1.82, 2.24) is 9.97 Å². The Morgan fingerprint density at radius 2 is 2.11 bits per heavy atom. The van der Waals surface area contributed by atoms with Crippen molar-refractivity contribution in [3.8, 4) is 0 Å². The van der Waals surface area contributed by atoms with Gasteiger partial charge in [-0.25, -0.2) is 9.97 Å². The molecule has 2 heterocycles. The molecule has 1 aliphatic carbocycles. The van der Waals surface area contributed by atoms with E-state index in [9.17, 15) is 0 Å². The number of hydrogen-bond acceptors (Lipinski definition) is 4. The second kappa shape index (κ2) is 4.84. The largest absolute Gasteiger partial charge is 0.338 e. The summed E-state index contributed by atoms with van der Waals surface area (Å²) in [6.07, 6.45) is 6.75. The molecule has 2 aliphatic rings. The second-order valence-corrected chi connectivity index (χ2v) is 5.60. The van der Waals surface area contributed by atoms with Crippen LogP contribution in [0.1, 0.15) is 43.5 Å². The smallest absolute Gasteiger partial charge is 0.226 e. The molecule has 18 heavy (non-hydrogen) atoms. The van der Waals surface area contributed by atoms with Crippen LogP contribution < -0.4 is 10.6 Å². The predicted molar refractivity (Wildman–Crippen MR) is 72.4 cm³/mol. The first kappa shape index (κ1) is 11.9. The number of rotatable bonds is 2. The third kappa shape index (κ3) is 2.09. The van der Waals surface area contributed by atoms with Crippen molar-refractivity contribution in [3.05, 3.63) is 17.5 Å². The van der Waals surface area contributed by atoms with E-state index in [0.29, 0.717) is 12.6 Å². The molecule has 1 aromatic rings. The molecule has 98 valence electrons. The molecule has 1 saturated heterocycles. The monoisotopic (exact) mass is 246 g/mol. The lowest BCUT2D eigenvalue weighted by Crippen LogP contribution is -2.36. The average molecular weight is 246 g/mol. The summed E-state index contributed by atoms with van der Waals surface area (Å²) < 4.78 is 0. The van der Waals surface area contributed by atoms with Gasteiger partial charge in [-0.05, 0) is 38.2 Å². The maximum absolute atomic E-state index is 5.71. The van der Waals surface area contributed by atoms with Crippen LogP contribution in [-0.4, -0.2) is 22.6 Å². The average Bonchev–Trinajstić information content (AvgIpc) is 2.81. The Kier molecular flexibility index (Phi) is 3.20. The van der Waals surface area contributed by atoms with Crippen LogP contribution in [0.4, 0.5) is 5.95 Å². The third-order valence-electron chi connectivity index (χ3n) is 4.37. The standard InChI is InChI=1S/C14H22N4/c1-10-8-12(9-15)17-14(16-10)18-7-6-11-4-2-3-5-13(11)18/h8,11,13H,2-7,9,15H2,1H3. The molecule has 1 aliphatic heterocycles. The van der Waals surface area contributed by atoms with Crippen molar-refractivity contribution in [2.45, 2.75) is 51.6 Å². The highest BCUT2D eigenvalue weighted by Crippen LogP contribution is 2.37. The van der Waals surface area contributed by atoms with Crippen molar-refractivity contribution < 1.29 is 0 Å². The molecule has 0 aromatic carbocycles. The molecule has 0 radical (unpaired) electrons. The Bertz CT molecular complexity index is 432. The molecule has 3 rings (SSSR count). The lowest BCUT2D eigenvalue weighted by molar-refractivity contribution is 0.340. The Morgan fingerprint density at radius 1 is 1.28 bits per heavy atom. The van der Waals surface area contributed by atoms with E-state index in [4.69, 9.17) is 5.73 Å². The molecular weight excluding hydrogens is 224 g/mol. The fourth-order valence-corrected chi connectivity index (χ4v) is 3.50. The molecule has 0 amide bonds. The van der Waals surface area contributed by atoms with Gasteiger partial charge in [0.25, 0.3) is 0 Å². The van der Waals surface area contributed by atoms with Crippen LogP contribution in [0.15, 0.2) is 6.07 Å². The molecule has 0 bridgehead atoms. The van der Waals surface area contributed by atoms with E-state index in [2.05, 4.69) is 14.9 Å². The summed E-state index contributed by atoms with van der Waals surface area (Å²) >= 11 is 0. The summed E-state index contributed by atoms with van der Waals surface area (Å²) in [5.74, 6) is 1.77. The number of nitrogens with zero attached hydrogens (tertiary/aromatic N) is 3. The van der Waals surface area contributed by atoms with Crippen LogP contribution in [0.5, 0.6) is 0 Å². The first-order valence-corrected chi connectivity index (χ1v) is 7.09. The number of hydrogen-bond donors (Lipinski definition) is 1. The van der Waals surface area contributed by atoms with Crippen LogP contribution in [0.3, 0.4) is 0 Å². The summed E-state index contributed by atoms with van der Waals surface area (Å²) in [7, 11) is 0. The van der Waals surface area contributed by atoms with Crippen LogP contribution in [0.2, 0.25) is 0 Å². The minimum Gasteiger partial charge on any atom is -0.338 e. The van der Waals surface area contributed by atoms with Gasteiger partial charge in [-0.2, -0.15) is 0 Å². The maximum Gasteiger partial charge on any atom is 0.226 e. The predicted octanol–water partition coefficient (Wildman–Crippen LogP) is 2.01. The van der Waals surface area contributed by atoms with E-state index in [1.807, 2.05) is 13.0 Å². The fraction of sp³-hybridized carbons (Fsp3) is 0.714. The number of anilines is 1. The lowest BCUT2D eigenvalue weighted by Gasteiger charge is -2.31. The molecule has 2 fully saturated rings. The van der Waals surface area contributed by atoms with Crippen LogP contribution >= 0.6 is 0 Å². The first-order chi connectivity index (χ1) is 8.78. The van der Waals surface area contributed by atoms with Crippen LogP contribution in [0, 0.1) is 12.8 Å². The zero-order chi connectivity index (χ0) is 12.5. The zero-order valence-corrected chi connectivity index (χ0v) is 11.1. The molecule has 0 spiro atoms. The van der Waals surface area contributed by atoms with Crippen LogP contribution in [0.25, 0.3) is 0 Å². The van der Waals surface area contributed by atoms with E-state index in [-0.39, 0.29) is 0 Å². The van der Waals surface area contributed by atoms with Gasteiger partial charge in [0, 0.05) is 24.8 Å². The highest BCUT2D eigenvalue weighted by molar-refractivity contribution is 5.36. The normalized spacial score (nSPS) is 27.3. The molecule has 2 N–H and O–H groups in total. The highest BCUT2D eigenvalue weighted by atomic mass is 15.3. The summed E-state index contributed by atoms with van der Waals surface area (Å²) in [5, 5.41) is 0. The number of nitrogens with two attached hydrogens (primary N) is 1. The van der Waals surface area contributed by atoms with Crippen molar-refractivity contribution in [2.75, 3.05) is 11.4 Å². The van der Waals surface area contributed by atoms with Gasteiger partial charge in [-0.15, -0.1) is 0 Å². The fourth-order valence-electron chi connectivity index (χ4n) is 3.50. The number of aryl methyl sites for hydroxylation is 1. The summed E-state index contributed by atoms with van der Waals surface area (Å²) in [5.41, 5.74) is 7.69. The minimum absolute atomic E-state index is 0.498. The van der Waals surface area contributed by atoms with E-state index in [1.165, 1.54) is 32.1 Å². The van der Waals surface area contributed by atoms with Crippen molar-refractivity contribution >= 4 is 5.95 Å². The Labute approximate surface area is 109 Å². The second-order valence-electron chi connectivity index (χ2n) is 5.60. The molecule has 4 heteroatoms. The topological polar surface area (TPSA) is 55.0 Å². The molecule has 4 nitrogen and oxygen atoms in total. The van der Waals surface area contributed by atoms with Crippen molar-refractivity contribution in [3.63, 3.8) is 0 Å². The molecule has 2 atom stereocenters. The summed E-state index contributed by atoms with van der Waals surface area (Å²) in [4.78, 5) is 11.7. The minimum atomic E-state index is 0.498. The van der Waals surface area contributed by atoms with E-state index >= 15 is 0 Å². The quantitative estimate of drug-likeness (QED) is 0.867. The zero-order valence-electron chi connectivity index (χ0n) is 11.1. The van der Waals surface area contributed by atoms with Gasteiger partial charge < -0.3 is 10.6 Å². The van der Waals surface area contributed by atoms with Gasteiger partial charge >= 0.3 is 0 Å². The Balaban J connectivity index is 1.88. The molecule has 2 unspecified atom stereocenters. The van der Waals surface area contributed by atoms with E-state index < -0.39 is 0 Å². The number of aromatic nitrogens is 2. The summed E-state index contributed by atoms with van der Waals surface area (Å²) in [6, 6.07) is 2.66. The lowest BCUT2D eigenvalue weighted by atomic mass is 9.85. The molecule has 1 saturated carbocycles. The maximum atomic E-state index is 5.71. The highest BCUT2D eigenvalue weighted by Gasteiger charge is 2.36.